The van der Waals surface area contributed by atoms with E-state index in [9.17, 15) is 9.18 Å². The van der Waals surface area contributed by atoms with E-state index in [1.807, 2.05) is 32.0 Å². The molecule has 2 aromatic carbocycles. The Balaban J connectivity index is 1.84. The van der Waals surface area contributed by atoms with Gasteiger partial charge in [0.1, 0.15) is 18.2 Å². The molecule has 2 rings (SSSR count). The monoisotopic (exact) mass is 416 g/mol. The summed E-state index contributed by atoms with van der Waals surface area (Å²) in [6.45, 7) is 6.10. The summed E-state index contributed by atoms with van der Waals surface area (Å²) in [5, 5.41) is 8.81. The van der Waals surface area contributed by atoms with E-state index in [2.05, 4.69) is 20.9 Å². The lowest BCUT2D eigenvalue weighted by Crippen LogP contribution is -2.41. The maximum Gasteiger partial charge on any atom is 0.243 e. The van der Waals surface area contributed by atoms with Crippen LogP contribution in [0.5, 0.6) is 5.75 Å². The molecule has 0 aliphatic rings. The van der Waals surface area contributed by atoms with E-state index in [4.69, 9.17) is 9.47 Å². The van der Waals surface area contributed by atoms with Gasteiger partial charge in [-0.2, -0.15) is 0 Å². The average molecular weight is 416 g/mol. The van der Waals surface area contributed by atoms with Crippen LogP contribution in [0.3, 0.4) is 0 Å². The molecule has 0 bridgehead atoms. The Morgan fingerprint density at radius 3 is 2.57 bits per heavy atom. The molecule has 30 heavy (non-hydrogen) atoms. The molecule has 162 valence electrons. The Morgan fingerprint density at radius 2 is 1.87 bits per heavy atom. The summed E-state index contributed by atoms with van der Waals surface area (Å²) >= 11 is 0. The fourth-order valence-corrected chi connectivity index (χ4v) is 2.60. The largest absolute Gasteiger partial charge is 0.491 e. The molecule has 0 saturated carbocycles. The lowest BCUT2D eigenvalue weighted by molar-refractivity contribution is -0.115. The van der Waals surface area contributed by atoms with E-state index in [-0.39, 0.29) is 18.3 Å². The number of hydrogen-bond acceptors (Lipinski definition) is 4. The summed E-state index contributed by atoms with van der Waals surface area (Å²) in [6.07, 6.45) is 0. The van der Waals surface area contributed by atoms with Crippen molar-refractivity contribution < 1.29 is 18.7 Å². The van der Waals surface area contributed by atoms with Crippen LogP contribution < -0.4 is 20.7 Å². The minimum Gasteiger partial charge on any atom is -0.491 e. The first kappa shape index (κ1) is 23.2. The highest BCUT2D eigenvalue weighted by molar-refractivity contribution is 5.94. The average Bonchev–Trinajstić information content (AvgIpc) is 2.74. The number of nitrogens with zero attached hydrogens (tertiary/aromatic N) is 1. The second-order valence-corrected chi connectivity index (χ2v) is 6.49. The van der Waals surface area contributed by atoms with Gasteiger partial charge in [0.25, 0.3) is 0 Å². The zero-order valence-electron chi connectivity index (χ0n) is 17.6. The fraction of sp³-hybridized carbons (Fsp3) is 0.364. The summed E-state index contributed by atoms with van der Waals surface area (Å²) in [4.78, 5) is 16.2. The second-order valence-electron chi connectivity index (χ2n) is 6.49. The summed E-state index contributed by atoms with van der Waals surface area (Å²) in [5.41, 5.74) is 2.60. The molecule has 0 heterocycles. The van der Waals surface area contributed by atoms with Crippen molar-refractivity contribution in [2.75, 3.05) is 38.7 Å². The highest BCUT2D eigenvalue weighted by atomic mass is 19.1. The molecule has 0 unspecified atom stereocenters. The number of aliphatic imine (C=N–C) groups is 1. The van der Waals surface area contributed by atoms with Gasteiger partial charge >= 0.3 is 0 Å². The van der Waals surface area contributed by atoms with Crippen LogP contribution in [0.15, 0.2) is 47.5 Å². The van der Waals surface area contributed by atoms with Crippen molar-refractivity contribution in [1.29, 1.82) is 0 Å². The van der Waals surface area contributed by atoms with E-state index >= 15 is 0 Å². The van der Waals surface area contributed by atoms with Crippen molar-refractivity contribution >= 4 is 17.6 Å². The molecule has 0 saturated heterocycles. The van der Waals surface area contributed by atoms with Crippen LogP contribution in [0.4, 0.5) is 10.1 Å². The van der Waals surface area contributed by atoms with Crippen molar-refractivity contribution in [3.05, 3.63) is 59.4 Å². The van der Waals surface area contributed by atoms with E-state index < -0.39 is 0 Å². The zero-order chi connectivity index (χ0) is 21.8. The Morgan fingerprint density at radius 1 is 1.10 bits per heavy atom. The van der Waals surface area contributed by atoms with Gasteiger partial charge in [-0.3, -0.25) is 9.79 Å². The molecule has 1 amide bonds. The predicted octanol–water partition coefficient (Wildman–Crippen LogP) is 2.85. The molecule has 0 spiro atoms. The first-order valence-corrected chi connectivity index (χ1v) is 9.81. The van der Waals surface area contributed by atoms with Crippen molar-refractivity contribution in [2.45, 2.75) is 20.4 Å². The van der Waals surface area contributed by atoms with Crippen molar-refractivity contribution in [3.63, 3.8) is 0 Å². The van der Waals surface area contributed by atoms with Gasteiger partial charge in [0.05, 0.1) is 13.2 Å². The molecular formula is C22H29FN4O3. The minimum absolute atomic E-state index is 0.0165. The minimum atomic E-state index is -0.354. The first-order chi connectivity index (χ1) is 14.5. The summed E-state index contributed by atoms with van der Waals surface area (Å²) in [6, 6.07) is 11.6. The van der Waals surface area contributed by atoms with Crippen LogP contribution in [0, 0.1) is 12.7 Å². The maximum absolute atomic E-state index is 12.9. The zero-order valence-corrected chi connectivity index (χ0v) is 17.6. The number of benzene rings is 2. The highest BCUT2D eigenvalue weighted by Crippen LogP contribution is 2.20. The molecule has 7 nitrogen and oxygen atoms in total. The molecule has 0 aliphatic heterocycles. The Bertz CT molecular complexity index is 841. The maximum atomic E-state index is 12.9. The van der Waals surface area contributed by atoms with Crippen molar-refractivity contribution in [1.82, 2.24) is 10.6 Å². The molecule has 0 aliphatic carbocycles. The number of carbonyl (C=O) groups is 1. The Kier molecular flexibility index (Phi) is 9.60. The van der Waals surface area contributed by atoms with Gasteiger partial charge in [-0.1, -0.05) is 12.1 Å². The number of ether oxygens (including phenoxy) is 2. The third-order valence-electron chi connectivity index (χ3n) is 4.13. The number of nitrogens with one attached hydrogen (secondary N) is 3. The van der Waals surface area contributed by atoms with E-state index in [1.165, 1.54) is 24.3 Å². The molecule has 0 aromatic heterocycles. The van der Waals surface area contributed by atoms with E-state index in [1.54, 1.807) is 7.05 Å². The summed E-state index contributed by atoms with van der Waals surface area (Å²) in [5.74, 6) is 0.643. The van der Waals surface area contributed by atoms with Gasteiger partial charge in [-0.05, 0) is 49.7 Å². The number of amides is 1. The first-order valence-electron chi connectivity index (χ1n) is 9.81. The van der Waals surface area contributed by atoms with Crippen molar-refractivity contribution in [3.8, 4) is 5.75 Å². The number of rotatable bonds is 10. The standard InChI is InChI=1S/C22H29FN4O3/c1-4-29-11-12-30-20-13-16(2)5-6-17(20)14-25-22(24-3)26-15-21(28)27-19-9-7-18(23)8-10-19/h5-10,13H,4,11-12,14-15H2,1-3H3,(H,27,28)(H2,24,25,26). The lowest BCUT2D eigenvalue weighted by Gasteiger charge is -2.15. The second kappa shape index (κ2) is 12.4. The van der Waals surface area contributed by atoms with E-state index in [0.29, 0.717) is 38.0 Å². The smallest absolute Gasteiger partial charge is 0.243 e. The van der Waals surface area contributed by atoms with Gasteiger partial charge in [-0.25, -0.2) is 4.39 Å². The molecule has 3 N–H and O–H groups in total. The number of carbonyl (C=O) groups excluding carboxylic acids is 1. The van der Waals surface area contributed by atoms with Crippen molar-refractivity contribution in [2.24, 2.45) is 4.99 Å². The molecule has 0 radical (unpaired) electrons. The summed E-state index contributed by atoms with van der Waals surface area (Å²) < 4.78 is 24.1. The van der Waals surface area contributed by atoms with Crippen LogP contribution in [-0.4, -0.2) is 45.3 Å². The highest BCUT2D eigenvalue weighted by Gasteiger charge is 2.08. The predicted molar refractivity (Wildman–Crippen MR) is 116 cm³/mol. The van der Waals surface area contributed by atoms with Crippen LogP contribution in [-0.2, 0) is 16.1 Å². The van der Waals surface area contributed by atoms with Crippen LogP contribution >= 0.6 is 0 Å². The van der Waals surface area contributed by atoms with Gasteiger partial charge < -0.3 is 25.4 Å². The number of guanidine groups is 1. The molecular weight excluding hydrogens is 387 g/mol. The van der Waals surface area contributed by atoms with Gasteiger partial charge in [0.2, 0.25) is 5.91 Å². The van der Waals surface area contributed by atoms with Gasteiger partial charge in [-0.15, -0.1) is 0 Å². The third kappa shape index (κ3) is 8.08. The molecule has 2 aromatic rings. The normalized spacial score (nSPS) is 11.1. The Labute approximate surface area is 176 Å². The summed E-state index contributed by atoms with van der Waals surface area (Å²) in [7, 11) is 1.63. The molecule has 0 atom stereocenters. The number of anilines is 1. The SMILES string of the molecule is CCOCCOc1cc(C)ccc1CNC(=NC)NCC(=O)Nc1ccc(F)cc1. The quantitative estimate of drug-likeness (QED) is 0.315. The number of aryl methyl sites for hydroxylation is 1. The van der Waals surface area contributed by atoms with Crippen LogP contribution in [0.25, 0.3) is 0 Å². The topological polar surface area (TPSA) is 84.0 Å². The van der Waals surface area contributed by atoms with E-state index in [0.717, 1.165) is 16.9 Å². The van der Waals surface area contributed by atoms with Gasteiger partial charge in [0.15, 0.2) is 5.96 Å². The molecule has 8 heteroatoms. The number of halogens is 1. The van der Waals surface area contributed by atoms with Crippen LogP contribution in [0.1, 0.15) is 18.1 Å². The number of hydrogen-bond donors (Lipinski definition) is 3. The third-order valence-corrected chi connectivity index (χ3v) is 4.13. The molecule has 0 fully saturated rings. The lowest BCUT2D eigenvalue weighted by atomic mass is 10.1. The van der Waals surface area contributed by atoms with Gasteiger partial charge in [0, 0.05) is 31.5 Å². The fourth-order valence-electron chi connectivity index (χ4n) is 2.60. The van der Waals surface area contributed by atoms with Crippen LogP contribution in [0.2, 0.25) is 0 Å². The Hall–Kier alpha value is -3.13.